The van der Waals surface area contributed by atoms with Crippen LogP contribution in [-0.2, 0) is 6.42 Å². The number of nitrogens with one attached hydrogen (secondary N) is 2. The molecule has 0 spiro atoms. The molecular weight excluding hydrogens is 340 g/mol. The number of fused-ring (bicyclic) bond motifs is 3. The van der Waals surface area contributed by atoms with Crippen molar-refractivity contribution in [1.82, 2.24) is 10.3 Å². The lowest BCUT2D eigenvalue weighted by molar-refractivity contribution is 0.452. The Hall–Kier alpha value is -1.78. The van der Waals surface area contributed by atoms with Crippen molar-refractivity contribution in [1.29, 1.82) is 0 Å². The van der Waals surface area contributed by atoms with Gasteiger partial charge in [0.2, 0.25) is 0 Å². The van der Waals surface area contributed by atoms with Gasteiger partial charge in [-0.3, -0.25) is 0 Å². The monoisotopic (exact) mass is 356 g/mol. The summed E-state index contributed by atoms with van der Waals surface area (Å²) in [4.78, 5) is 3.57. The summed E-state index contributed by atoms with van der Waals surface area (Å²) in [7, 11) is 0. The summed E-state index contributed by atoms with van der Waals surface area (Å²) >= 11 is 3.57. The summed E-state index contributed by atoms with van der Waals surface area (Å²) in [6.07, 6.45) is 1.00. The average molecular weight is 357 g/mol. The molecule has 22 heavy (non-hydrogen) atoms. The highest BCUT2D eigenvalue weighted by molar-refractivity contribution is 9.10. The van der Waals surface area contributed by atoms with E-state index in [9.17, 15) is 5.11 Å². The number of aromatic nitrogens is 1. The van der Waals surface area contributed by atoms with Crippen LogP contribution in [0.1, 0.15) is 29.8 Å². The summed E-state index contributed by atoms with van der Waals surface area (Å²) < 4.78 is 1.10. The minimum atomic E-state index is 0.0806. The van der Waals surface area contributed by atoms with E-state index < -0.39 is 0 Å². The maximum Gasteiger partial charge on any atom is 0.115 e. The van der Waals surface area contributed by atoms with Crippen molar-refractivity contribution < 1.29 is 5.11 Å². The Morgan fingerprint density at radius 2 is 2.05 bits per heavy atom. The van der Waals surface area contributed by atoms with Gasteiger partial charge in [-0.25, -0.2) is 0 Å². The van der Waals surface area contributed by atoms with Gasteiger partial charge in [0.15, 0.2) is 0 Å². The molecule has 2 atom stereocenters. The van der Waals surface area contributed by atoms with Gasteiger partial charge in [0.25, 0.3) is 0 Å². The zero-order valence-corrected chi connectivity index (χ0v) is 13.8. The van der Waals surface area contributed by atoms with E-state index in [-0.39, 0.29) is 6.04 Å². The second-order valence-electron chi connectivity index (χ2n) is 6.01. The molecule has 0 fully saturated rings. The number of hydrogen-bond acceptors (Lipinski definition) is 2. The standard InChI is InChI=1S/C18H17BrN2O/c1-10-7-15-14-9-12(19)5-6-16(14)21-18(15)17(20-10)11-3-2-4-13(22)8-11/h2-6,8-10,17,20-22H,7H2,1H3. The number of halogens is 1. The van der Waals surface area contributed by atoms with Crippen LogP contribution < -0.4 is 5.32 Å². The van der Waals surface area contributed by atoms with Crippen LogP contribution >= 0.6 is 15.9 Å². The zero-order chi connectivity index (χ0) is 15.3. The van der Waals surface area contributed by atoms with Crippen LogP contribution in [0.15, 0.2) is 46.9 Å². The Bertz CT molecular complexity index is 855. The van der Waals surface area contributed by atoms with Gasteiger partial charge >= 0.3 is 0 Å². The van der Waals surface area contributed by atoms with Gasteiger partial charge < -0.3 is 15.4 Å². The number of aromatic amines is 1. The molecular formula is C18H17BrN2O. The molecule has 3 nitrogen and oxygen atoms in total. The topological polar surface area (TPSA) is 48.0 Å². The molecule has 112 valence electrons. The van der Waals surface area contributed by atoms with Crippen LogP contribution in [0.4, 0.5) is 0 Å². The van der Waals surface area contributed by atoms with E-state index in [1.165, 1.54) is 16.6 Å². The molecule has 0 radical (unpaired) electrons. The van der Waals surface area contributed by atoms with E-state index >= 15 is 0 Å². The summed E-state index contributed by atoms with van der Waals surface area (Å²) in [5, 5.41) is 14.7. The Balaban J connectivity index is 1.92. The first-order chi connectivity index (χ1) is 10.6. The molecule has 1 aliphatic heterocycles. The molecule has 0 aliphatic carbocycles. The molecule has 4 rings (SSSR count). The number of rotatable bonds is 1. The molecule has 0 saturated heterocycles. The molecule has 2 aromatic carbocycles. The van der Waals surface area contributed by atoms with Crippen LogP contribution in [0, 0.1) is 0 Å². The van der Waals surface area contributed by atoms with Crippen molar-refractivity contribution in [2.75, 3.05) is 0 Å². The summed E-state index contributed by atoms with van der Waals surface area (Å²) in [5.74, 6) is 0.304. The normalized spacial score (nSPS) is 21.0. The van der Waals surface area contributed by atoms with E-state index in [1.54, 1.807) is 6.07 Å². The number of hydrogen-bond donors (Lipinski definition) is 3. The highest BCUT2D eigenvalue weighted by Crippen LogP contribution is 2.36. The second kappa shape index (κ2) is 5.14. The number of H-pyrrole nitrogens is 1. The van der Waals surface area contributed by atoms with Gasteiger partial charge in [-0.1, -0.05) is 28.1 Å². The summed E-state index contributed by atoms with van der Waals surface area (Å²) in [6, 6.07) is 14.3. The Morgan fingerprint density at radius 1 is 1.18 bits per heavy atom. The zero-order valence-electron chi connectivity index (χ0n) is 12.2. The highest BCUT2D eigenvalue weighted by atomic mass is 79.9. The summed E-state index contributed by atoms with van der Waals surface area (Å²) in [5.41, 5.74) is 4.82. The largest absolute Gasteiger partial charge is 0.508 e. The summed E-state index contributed by atoms with van der Waals surface area (Å²) in [6.45, 7) is 2.20. The first-order valence-corrected chi connectivity index (χ1v) is 8.26. The average Bonchev–Trinajstić information content (AvgIpc) is 2.84. The smallest absolute Gasteiger partial charge is 0.115 e. The van der Waals surface area contributed by atoms with Crippen molar-refractivity contribution in [3.63, 3.8) is 0 Å². The fourth-order valence-corrected chi connectivity index (χ4v) is 3.77. The third-order valence-electron chi connectivity index (χ3n) is 4.35. The molecule has 0 bridgehead atoms. The SMILES string of the molecule is CC1Cc2c([nH]c3ccc(Br)cc23)C(c2cccc(O)c2)N1. The molecule has 1 aromatic heterocycles. The Morgan fingerprint density at radius 3 is 2.86 bits per heavy atom. The molecule has 1 aliphatic rings. The third kappa shape index (κ3) is 2.23. The maximum atomic E-state index is 9.79. The number of aromatic hydroxyl groups is 1. The van der Waals surface area contributed by atoms with E-state index in [1.807, 2.05) is 12.1 Å². The predicted molar refractivity (Wildman–Crippen MR) is 92.3 cm³/mol. The number of phenols is 1. The number of phenolic OH excluding ortho intramolecular Hbond substituents is 1. The third-order valence-corrected chi connectivity index (χ3v) is 4.85. The molecule has 0 saturated carbocycles. The van der Waals surface area contributed by atoms with E-state index in [0.29, 0.717) is 11.8 Å². The fraction of sp³-hybridized carbons (Fsp3) is 0.222. The predicted octanol–water partition coefficient (Wildman–Crippen LogP) is 4.26. The first-order valence-electron chi connectivity index (χ1n) is 7.47. The van der Waals surface area contributed by atoms with Crippen LogP contribution in [0.2, 0.25) is 0 Å². The number of benzene rings is 2. The molecule has 2 heterocycles. The first kappa shape index (κ1) is 13.9. The minimum Gasteiger partial charge on any atom is -0.508 e. The maximum absolute atomic E-state index is 9.79. The molecule has 3 aromatic rings. The lowest BCUT2D eigenvalue weighted by Crippen LogP contribution is -2.37. The van der Waals surface area contributed by atoms with Crippen molar-refractivity contribution in [2.45, 2.75) is 25.4 Å². The van der Waals surface area contributed by atoms with Gasteiger partial charge in [-0.2, -0.15) is 0 Å². The van der Waals surface area contributed by atoms with Crippen LogP contribution in [0.3, 0.4) is 0 Å². The van der Waals surface area contributed by atoms with Gasteiger partial charge in [-0.15, -0.1) is 0 Å². The van der Waals surface area contributed by atoms with E-state index in [4.69, 9.17) is 0 Å². The molecule has 0 amide bonds. The van der Waals surface area contributed by atoms with Gasteiger partial charge in [0.05, 0.1) is 6.04 Å². The quantitative estimate of drug-likeness (QED) is 0.610. The molecule has 2 unspecified atom stereocenters. The van der Waals surface area contributed by atoms with Gasteiger partial charge in [0.1, 0.15) is 5.75 Å². The Kier molecular flexibility index (Phi) is 3.24. The highest BCUT2D eigenvalue weighted by Gasteiger charge is 2.28. The van der Waals surface area contributed by atoms with Crippen molar-refractivity contribution >= 4 is 26.8 Å². The molecule has 4 heteroatoms. The van der Waals surface area contributed by atoms with Crippen LogP contribution in [-0.4, -0.2) is 16.1 Å². The van der Waals surface area contributed by atoms with E-state index in [0.717, 1.165) is 22.0 Å². The fourth-order valence-electron chi connectivity index (χ4n) is 3.41. The lowest BCUT2D eigenvalue weighted by atomic mass is 9.91. The van der Waals surface area contributed by atoms with Crippen molar-refractivity contribution in [2.24, 2.45) is 0 Å². The molecule has 3 N–H and O–H groups in total. The van der Waals surface area contributed by atoms with Crippen LogP contribution in [0.5, 0.6) is 5.75 Å². The van der Waals surface area contributed by atoms with Crippen molar-refractivity contribution in [3.05, 3.63) is 63.8 Å². The van der Waals surface area contributed by atoms with Gasteiger partial charge in [-0.05, 0) is 54.8 Å². The lowest BCUT2D eigenvalue weighted by Gasteiger charge is -2.29. The Labute approximate surface area is 137 Å². The van der Waals surface area contributed by atoms with E-state index in [2.05, 4.69) is 57.4 Å². The second-order valence-corrected chi connectivity index (χ2v) is 6.92. The van der Waals surface area contributed by atoms with Crippen molar-refractivity contribution in [3.8, 4) is 5.75 Å². The minimum absolute atomic E-state index is 0.0806. The van der Waals surface area contributed by atoms with Crippen LogP contribution in [0.25, 0.3) is 10.9 Å². The van der Waals surface area contributed by atoms with Gasteiger partial charge in [0, 0.05) is 27.1 Å².